The maximum Gasteiger partial charge on any atom is 0.292 e. The molecule has 1 fully saturated rings. The summed E-state index contributed by atoms with van der Waals surface area (Å²) in [4.78, 5) is 24.3. The van der Waals surface area contributed by atoms with Crippen molar-refractivity contribution in [1.29, 1.82) is 0 Å². The monoisotopic (exact) mass is 277 g/mol. The summed E-state index contributed by atoms with van der Waals surface area (Å²) in [6.07, 6.45) is 0.561. The Hall–Kier alpha value is -2.11. The van der Waals surface area contributed by atoms with Crippen LogP contribution in [0.2, 0.25) is 0 Å². The van der Waals surface area contributed by atoms with E-state index in [2.05, 4.69) is 5.32 Å². The number of hydrogen-bond donors (Lipinski definition) is 1. The van der Waals surface area contributed by atoms with Crippen LogP contribution in [-0.4, -0.2) is 28.8 Å². The number of nitrogens with one attached hydrogen (secondary N) is 1. The standard InChI is InChI=1S/C14H19N3O3/c1-3-15-14-11(5-4-6-12(14)17(19)20)9-16-8-10(2)7-13(16)18/h4-6,10,15H,3,7-9H2,1-2H3. The summed E-state index contributed by atoms with van der Waals surface area (Å²) in [5, 5.41) is 14.1. The van der Waals surface area contributed by atoms with Crippen LogP contribution in [0.15, 0.2) is 18.2 Å². The van der Waals surface area contributed by atoms with Crippen LogP contribution in [0.4, 0.5) is 11.4 Å². The highest BCUT2D eigenvalue weighted by Gasteiger charge is 2.28. The van der Waals surface area contributed by atoms with Crippen LogP contribution in [0, 0.1) is 16.0 Å². The van der Waals surface area contributed by atoms with Crippen molar-refractivity contribution in [2.45, 2.75) is 26.8 Å². The van der Waals surface area contributed by atoms with Crippen molar-refractivity contribution in [3.8, 4) is 0 Å². The van der Waals surface area contributed by atoms with Crippen molar-refractivity contribution < 1.29 is 9.72 Å². The minimum Gasteiger partial charge on any atom is -0.379 e. The molecular weight excluding hydrogens is 258 g/mol. The smallest absolute Gasteiger partial charge is 0.292 e. The number of amides is 1. The third-order valence-electron chi connectivity index (χ3n) is 3.45. The molecule has 1 aromatic carbocycles. The Morgan fingerprint density at radius 2 is 2.25 bits per heavy atom. The summed E-state index contributed by atoms with van der Waals surface area (Å²) in [6.45, 7) is 5.67. The largest absolute Gasteiger partial charge is 0.379 e. The fourth-order valence-electron chi connectivity index (χ4n) is 2.58. The number of nitrogens with zero attached hydrogens (tertiary/aromatic N) is 2. The summed E-state index contributed by atoms with van der Waals surface area (Å²) in [6, 6.07) is 4.98. The summed E-state index contributed by atoms with van der Waals surface area (Å²) < 4.78 is 0. The highest BCUT2D eigenvalue weighted by molar-refractivity contribution is 5.79. The van der Waals surface area contributed by atoms with E-state index in [1.807, 2.05) is 19.9 Å². The molecule has 1 atom stereocenters. The van der Waals surface area contributed by atoms with Gasteiger partial charge in [0.25, 0.3) is 5.69 Å². The lowest BCUT2D eigenvalue weighted by molar-refractivity contribution is -0.384. The normalized spacial score (nSPS) is 18.4. The quantitative estimate of drug-likeness (QED) is 0.662. The number of para-hydroxylation sites is 1. The van der Waals surface area contributed by atoms with Gasteiger partial charge in [-0.25, -0.2) is 0 Å². The number of anilines is 1. The van der Waals surface area contributed by atoms with Crippen LogP contribution in [0.1, 0.15) is 25.8 Å². The molecule has 1 heterocycles. The maximum absolute atomic E-state index is 11.8. The molecule has 0 bridgehead atoms. The van der Waals surface area contributed by atoms with Crippen molar-refractivity contribution in [2.24, 2.45) is 5.92 Å². The van der Waals surface area contributed by atoms with Crippen molar-refractivity contribution in [1.82, 2.24) is 4.90 Å². The molecule has 6 heteroatoms. The summed E-state index contributed by atoms with van der Waals surface area (Å²) >= 11 is 0. The molecule has 0 radical (unpaired) electrons. The molecule has 1 saturated heterocycles. The highest BCUT2D eigenvalue weighted by atomic mass is 16.6. The number of carbonyl (C=O) groups is 1. The molecule has 0 spiro atoms. The first-order valence-corrected chi connectivity index (χ1v) is 6.80. The Labute approximate surface area is 117 Å². The number of rotatable bonds is 5. The van der Waals surface area contributed by atoms with Crippen LogP contribution in [0.3, 0.4) is 0 Å². The molecule has 0 aliphatic carbocycles. The first kappa shape index (κ1) is 14.3. The highest BCUT2D eigenvalue weighted by Crippen LogP contribution is 2.30. The Kier molecular flexibility index (Phi) is 4.22. The molecule has 6 nitrogen and oxygen atoms in total. The Morgan fingerprint density at radius 1 is 1.50 bits per heavy atom. The lowest BCUT2D eigenvalue weighted by atomic mass is 10.1. The van der Waals surface area contributed by atoms with Gasteiger partial charge in [-0.15, -0.1) is 0 Å². The molecule has 0 saturated carbocycles. The van der Waals surface area contributed by atoms with Gasteiger partial charge in [-0.2, -0.15) is 0 Å². The van der Waals surface area contributed by atoms with Crippen molar-refractivity contribution in [2.75, 3.05) is 18.4 Å². The lowest BCUT2D eigenvalue weighted by Crippen LogP contribution is -2.25. The number of nitro benzene ring substituents is 1. The first-order valence-electron chi connectivity index (χ1n) is 6.80. The van der Waals surface area contributed by atoms with Crippen LogP contribution in [0.5, 0.6) is 0 Å². The predicted octanol–water partition coefficient (Wildman–Crippen LogP) is 2.40. The molecule has 1 unspecified atom stereocenters. The topological polar surface area (TPSA) is 75.5 Å². The average molecular weight is 277 g/mol. The van der Waals surface area contributed by atoms with Gasteiger partial charge in [0.15, 0.2) is 0 Å². The molecule has 20 heavy (non-hydrogen) atoms. The number of carbonyl (C=O) groups excluding carboxylic acids is 1. The van der Waals surface area contributed by atoms with Crippen LogP contribution in [-0.2, 0) is 11.3 Å². The fourth-order valence-corrected chi connectivity index (χ4v) is 2.58. The van der Waals surface area contributed by atoms with Crippen molar-refractivity contribution in [3.63, 3.8) is 0 Å². The van der Waals surface area contributed by atoms with Gasteiger partial charge in [0.2, 0.25) is 5.91 Å². The van der Waals surface area contributed by atoms with Gasteiger partial charge in [0, 0.05) is 37.7 Å². The van der Waals surface area contributed by atoms with E-state index in [0.717, 1.165) is 5.56 Å². The van der Waals surface area contributed by atoms with E-state index in [1.54, 1.807) is 11.0 Å². The third-order valence-corrected chi connectivity index (χ3v) is 3.45. The molecule has 1 aliphatic rings. The second-order valence-electron chi connectivity index (χ2n) is 5.18. The van der Waals surface area contributed by atoms with Gasteiger partial charge < -0.3 is 10.2 Å². The zero-order valence-electron chi connectivity index (χ0n) is 11.8. The summed E-state index contributed by atoms with van der Waals surface area (Å²) in [5.74, 6) is 0.468. The predicted molar refractivity (Wildman–Crippen MR) is 76.5 cm³/mol. The van der Waals surface area contributed by atoms with E-state index in [-0.39, 0.29) is 11.6 Å². The molecule has 1 aliphatic heterocycles. The number of benzene rings is 1. The summed E-state index contributed by atoms with van der Waals surface area (Å²) in [5.41, 5.74) is 1.37. The van der Waals surface area contributed by atoms with Gasteiger partial charge in [-0.3, -0.25) is 14.9 Å². The van der Waals surface area contributed by atoms with Gasteiger partial charge in [0.1, 0.15) is 5.69 Å². The second-order valence-corrected chi connectivity index (χ2v) is 5.18. The summed E-state index contributed by atoms with van der Waals surface area (Å²) in [7, 11) is 0. The number of hydrogen-bond acceptors (Lipinski definition) is 4. The van der Waals surface area contributed by atoms with Gasteiger partial charge >= 0.3 is 0 Å². The molecule has 2 rings (SSSR count). The number of nitro groups is 1. The molecule has 1 amide bonds. The Morgan fingerprint density at radius 3 is 2.80 bits per heavy atom. The van der Waals surface area contributed by atoms with E-state index in [1.165, 1.54) is 6.07 Å². The van der Waals surface area contributed by atoms with E-state index in [4.69, 9.17) is 0 Å². The zero-order valence-corrected chi connectivity index (χ0v) is 11.8. The lowest BCUT2D eigenvalue weighted by Gasteiger charge is -2.18. The van der Waals surface area contributed by atoms with Gasteiger partial charge in [-0.05, 0) is 12.8 Å². The minimum absolute atomic E-state index is 0.0593. The molecule has 1 N–H and O–H groups in total. The van der Waals surface area contributed by atoms with Crippen LogP contribution in [0.25, 0.3) is 0 Å². The first-order chi connectivity index (χ1) is 9.52. The molecule has 0 aromatic heterocycles. The van der Waals surface area contributed by atoms with Gasteiger partial charge in [-0.1, -0.05) is 19.1 Å². The molecular formula is C14H19N3O3. The minimum atomic E-state index is -0.393. The van der Waals surface area contributed by atoms with Crippen LogP contribution < -0.4 is 5.32 Å². The molecule has 108 valence electrons. The van der Waals surface area contributed by atoms with E-state index in [9.17, 15) is 14.9 Å². The maximum atomic E-state index is 11.8. The molecule has 1 aromatic rings. The fraction of sp³-hybridized carbons (Fsp3) is 0.500. The van der Waals surface area contributed by atoms with Gasteiger partial charge in [0.05, 0.1) is 4.92 Å². The van der Waals surface area contributed by atoms with Crippen molar-refractivity contribution in [3.05, 3.63) is 33.9 Å². The van der Waals surface area contributed by atoms with Crippen LogP contribution >= 0.6 is 0 Å². The van der Waals surface area contributed by atoms with Crippen molar-refractivity contribution >= 4 is 17.3 Å². The third kappa shape index (κ3) is 2.89. The zero-order chi connectivity index (χ0) is 14.7. The second kappa shape index (κ2) is 5.90. The van der Waals surface area contributed by atoms with E-state index < -0.39 is 4.92 Å². The average Bonchev–Trinajstić information content (AvgIpc) is 2.70. The Bertz CT molecular complexity index is 530. The SMILES string of the molecule is CCNc1c(CN2CC(C)CC2=O)cccc1[N+](=O)[O-]. The van der Waals surface area contributed by atoms with E-state index >= 15 is 0 Å². The van der Waals surface area contributed by atoms with E-state index in [0.29, 0.717) is 37.7 Å². The number of likely N-dealkylation sites (tertiary alicyclic amines) is 1. The Balaban J connectivity index is 2.29.